The molecule has 1 rings (SSSR count). The minimum absolute atomic E-state index is 0. The van der Waals surface area contributed by atoms with E-state index in [1.807, 2.05) is 0 Å². The third-order valence-corrected chi connectivity index (χ3v) is 2.97. The van der Waals surface area contributed by atoms with Crippen molar-refractivity contribution in [3.8, 4) is 0 Å². The standard InChI is InChI=1S/C12H25N3O.HI/c1-11(2,3)15-10(13)14-8-12(4,16-5)9-6-7-9;/h9H,6-8H2,1-5H3,(H3,13,14,15);1H. The SMILES string of the molecule is COC(C)(CN=C(N)NC(C)(C)C)C1CC1.I. The molecule has 0 spiro atoms. The molecule has 102 valence electrons. The number of hydrogen-bond acceptors (Lipinski definition) is 2. The molecule has 0 bridgehead atoms. The number of guanidine groups is 1. The van der Waals surface area contributed by atoms with Gasteiger partial charge < -0.3 is 15.8 Å². The molecule has 0 radical (unpaired) electrons. The second kappa shape index (κ2) is 6.22. The summed E-state index contributed by atoms with van der Waals surface area (Å²) < 4.78 is 5.55. The van der Waals surface area contributed by atoms with Crippen LogP contribution in [-0.2, 0) is 4.74 Å². The van der Waals surface area contributed by atoms with Crippen molar-refractivity contribution in [2.75, 3.05) is 13.7 Å². The topological polar surface area (TPSA) is 59.6 Å². The van der Waals surface area contributed by atoms with Gasteiger partial charge in [0, 0.05) is 12.6 Å². The highest BCUT2D eigenvalue weighted by Crippen LogP contribution is 2.41. The molecule has 1 unspecified atom stereocenters. The first-order valence-electron chi connectivity index (χ1n) is 5.90. The fraction of sp³-hybridized carbons (Fsp3) is 0.917. The van der Waals surface area contributed by atoms with Crippen LogP contribution < -0.4 is 11.1 Å². The van der Waals surface area contributed by atoms with Crippen LogP contribution in [0.5, 0.6) is 0 Å². The molecule has 1 aliphatic rings. The summed E-state index contributed by atoms with van der Waals surface area (Å²) in [4.78, 5) is 4.37. The minimum atomic E-state index is -0.149. The predicted molar refractivity (Wildman–Crippen MR) is 82.9 cm³/mol. The molecule has 0 amide bonds. The van der Waals surface area contributed by atoms with E-state index < -0.39 is 0 Å². The van der Waals surface area contributed by atoms with Crippen molar-refractivity contribution in [3.05, 3.63) is 0 Å². The lowest BCUT2D eigenvalue weighted by molar-refractivity contribution is -0.00476. The molecule has 1 atom stereocenters. The maximum atomic E-state index is 5.83. The van der Waals surface area contributed by atoms with Crippen molar-refractivity contribution in [2.45, 2.75) is 51.7 Å². The normalized spacial score (nSPS) is 20.4. The van der Waals surface area contributed by atoms with Crippen molar-refractivity contribution in [2.24, 2.45) is 16.6 Å². The van der Waals surface area contributed by atoms with Crippen LogP contribution >= 0.6 is 24.0 Å². The molecule has 0 aromatic carbocycles. The van der Waals surface area contributed by atoms with Gasteiger partial charge in [-0.2, -0.15) is 0 Å². The van der Waals surface area contributed by atoms with Crippen LogP contribution in [0.2, 0.25) is 0 Å². The zero-order chi connectivity index (χ0) is 12.4. The summed E-state index contributed by atoms with van der Waals surface area (Å²) in [5.41, 5.74) is 5.63. The highest BCUT2D eigenvalue weighted by molar-refractivity contribution is 14.0. The molecular weight excluding hydrogens is 329 g/mol. The van der Waals surface area contributed by atoms with E-state index in [0.717, 1.165) is 0 Å². The van der Waals surface area contributed by atoms with Gasteiger partial charge in [-0.15, -0.1) is 24.0 Å². The number of rotatable bonds is 4. The van der Waals surface area contributed by atoms with Crippen LogP contribution in [0.1, 0.15) is 40.5 Å². The molecule has 5 heteroatoms. The average molecular weight is 355 g/mol. The smallest absolute Gasteiger partial charge is 0.189 e. The molecule has 4 nitrogen and oxygen atoms in total. The first-order valence-corrected chi connectivity index (χ1v) is 5.90. The number of ether oxygens (including phenoxy) is 1. The van der Waals surface area contributed by atoms with E-state index in [4.69, 9.17) is 10.5 Å². The third-order valence-electron chi connectivity index (χ3n) is 2.97. The summed E-state index contributed by atoms with van der Waals surface area (Å²) >= 11 is 0. The van der Waals surface area contributed by atoms with E-state index in [1.54, 1.807) is 7.11 Å². The number of nitrogens with zero attached hydrogens (tertiary/aromatic N) is 1. The van der Waals surface area contributed by atoms with Crippen LogP contribution in [0.25, 0.3) is 0 Å². The number of methoxy groups -OCH3 is 1. The molecule has 0 saturated heterocycles. The van der Waals surface area contributed by atoms with E-state index >= 15 is 0 Å². The molecule has 0 aliphatic heterocycles. The van der Waals surface area contributed by atoms with Crippen LogP contribution in [0, 0.1) is 5.92 Å². The van der Waals surface area contributed by atoms with E-state index in [2.05, 4.69) is 38.0 Å². The third kappa shape index (κ3) is 5.90. The zero-order valence-corrected chi connectivity index (χ0v) is 13.9. The first kappa shape index (κ1) is 17.0. The number of nitrogens with one attached hydrogen (secondary N) is 1. The summed E-state index contributed by atoms with van der Waals surface area (Å²) in [5, 5.41) is 3.15. The Morgan fingerprint density at radius 1 is 1.35 bits per heavy atom. The van der Waals surface area contributed by atoms with Crippen molar-refractivity contribution in [1.82, 2.24) is 5.32 Å². The monoisotopic (exact) mass is 355 g/mol. The Hall–Kier alpha value is -0.0400. The highest BCUT2D eigenvalue weighted by atomic mass is 127. The predicted octanol–water partition coefficient (Wildman–Crippen LogP) is 2.12. The fourth-order valence-corrected chi connectivity index (χ4v) is 1.72. The maximum Gasteiger partial charge on any atom is 0.189 e. The van der Waals surface area contributed by atoms with Crippen molar-refractivity contribution >= 4 is 29.9 Å². The maximum absolute atomic E-state index is 5.83. The Balaban J connectivity index is 0.00000256. The molecule has 0 aromatic rings. The van der Waals surface area contributed by atoms with Crippen LogP contribution in [-0.4, -0.2) is 30.8 Å². The summed E-state index contributed by atoms with van der Waals surface area (Å²) in [6, 6.07) is 0. The van der Waals surface area contributed by atoms with Gasteiger partial charge in [0.1, 0.15) is 0 Å². The molecule has 17 heavy (non-hydrogen) atoms. The quantitative estimate of drug-likeness (QED) is 0.461. The van der Waals surface area contributed by atoms with Crippen LogP contribution in [0.3, 0.4) is 0 Å². The van der Waals surface area contributed by atoms with Crippen molar-refractivity contribution < 1.29 is 4.74 Å². The molecule has 0 heterocycles. The summed E-state index contributed by atoms with van der Waals surface area (Å²) in [7, 11) is 1.75. The van der Waals surface area contributed by atoms with E-state index in [0.29, 0.717) is 18.4 Å². The van der Waals surface area contributed by atoms with Gasteiger partial charge in [0.25, 0.3) is 0 Å². The summed E-state index contributed by atoms with van der Waals surface area (Å²) in [6.07, 6.45) is 2.49. The minimum Gasteiger partial charge on any atom is -0.376 e. The number of halogens is 1. The molecule has 0 aromatic heterocycles. The largest absolute Gasteiger partial charge is 0.376 e. The lowest BCUT2D eigenvalue weighted by Gasteiger charge is -2.27. The molecule has 1 saturated carbocycles. The van der Waals surface area contributed by atoms with Crippen molar-refractivity contribution in [1.29, 1.82) is 0 Å². The highest BCUT2D eigenvalue weighted by Gasteiger charge is 2.41. The second-order valence-corrected chi connectivity index (χ2v) is 5.87. The Morgan fingerprint density at radius 2 is 1.88 bits per heavy atom. The summed E-state index contributed by atoms with van der Waals surface area (Å²) in [6.45, 7) is 8.92. The van der Waals surface area contributed by atoms with E-state index in [1.165, 1.54) is 12.8 Å². The van der Waals surface area contributed by atoms with Crippen LogP contribution in [0.4, 0.5) is 0 Å². The van der Waals surface area contributed by atoms with Gasteiger partial charge in [0.2, 0.25) is 0 Å². The molecule has 1 fully saturated rings. The first-order chi connectivity index (χ1) is 7.27. The number of hydrogen-bond donors (Lipinski definition) is 2. The van der Waals surface area contributed by atoms with Gasteiger partial charge in [-0.05, 0) is 46.5 Å². The van der Waals surface area contributed by atoms with Gasteiger partial charge in [0.05, 0.1) is 12.1 Å². The lowest BCUT2D eigenvalue weighted by Crippen LogP contribution is -2.46. The van der Waals surface area contributed by atoms with Gasteiger partial charge in [-0.25, -0.2) is 0 Å². The van der Waals surface area contributed by atoms with Crippen LogP contribution in [0.15, 0.2) is 4.99 Å². The van der Waals surface area contributed by atoms with E-state index in [-0.39, 0.29) is 35.1 Å². The molecular formula is C12H26IN3O. The number of aliphatic imine (C=N–C) groups is 1. The Labute approximate surface area is 122 Å². The lowest BCUT2D eigenvalue weighted by atomic mass is 10.0. The Kier molecular flexibility index (Phi) is 6.21. The average Bonchev–Trinajstić information content (AvgIpc) is 2.94. The fourth-order valence-electron chi connectivity index (χ4n) is 1.72. The van der Waals surface area contributed by atoms with Crippen molar-refractivity contribution in [3.63, 3.8) is 0 Å². The molecule has 3 N–H and O–H groups in total. The Bertz CT molecular complexity index is 271. The van der Waals surface area contributed by atoms with Gasteiger partial charge in [-0.1, -0.05) is 0 Å². The van der Waals surface area contributed by atoms with E-state index in [9.17, 15) is 0 Å². The second-order valence-electron chi connectivity index (χ2n) is 5.87. The van der Waals surface area contributed by atoms with Gasteiger partial charge >= 0.3 is 0 Å². The number of nitrogens with two attached hydrogens (primary N) is 1. The molecule has 1 aliphatic carbocycles. The van der Waals surface area contributed by atoms with Gasteiger partial charge in [-0.3, -0.25) is 4.99 Å². The zero-order valence-electron chi connectivity index (χ0n) is 11.5. The van der Waals surface area contributed by atoms with Gasteiger partial charge in [0.15, 0.2) is 5.96 Å². The Morgan fingerprint density at radius 3 is 2.24 bits per heavy atom. The summed E-state index contributed by atoms with van der Waals surface area (Å²) in [5.74, 6) is 1.14.